The lowest BCUT2D eigenvalue weighted by molar-refractivity contribution is 0.183. The van der Waals surface area contributed by atoms with E-state index in [1.807, 2.05) is 24.0 Å². The van der Waals surface area contributed by atoms with Crippen LogP contribution in [0.1, 0.15) is 36.9 Å². The molecule has 0 aliphatic carbocycles. The summed E-state index contributed by atoms with van der Waals surface area (Å²) < 4.78 is 11.1. The van der Waals surface area contributed by atoms with Gasteiger partial charge < -0.3 is 19.5 Å². The van der Waals surface area contributed by atoms with Crippen LogP contribution in [0.5, 0.6) is 0 Å². The number of hydrogen-bond donors (Lipinski definition) is 1. The van der Waals surface area contributed by atoms with Crippen LogP contribution in [0.3, 0.4) is 0 Å². The molecule has 2 aromatic carbocycles. The molecular weight excluding hydrogens is 452 g/mol. The Bertz CT molecular complexity index is 1140. The van der Waals surface area contributed by atoms with E-state index >= 15 is 0 Å². The van der Waals surface area contributed by atoms with E-state index in [0.717, 1.165) is 28.8 Å². The number of aromatic nitrogens is 2. The molecule has 1 aliphatic rings. The Morgan fingerprint density at radius 1 is 1.15 bits per heavy atom. The molecule has 4 rings (SSSR count). The minimum Gasteiger partial charge on any atom is -0.383 e. The van der Waals surface area contributed by atoms with Crippen LogP contribution in [0.2, 0.25) is 0 Å². The monoisotopic (exact) mass is 480 g/mol. The quantitative estimate of drug-likeness (QED) is 0.343. The largest absolute Gasteiger partial charge is 0.383 e. The van der Waals surface area contributed by atoms with E-state index in [1.165, 1.54) is 10.5 Å². The highest BCUT2D eigenvalue weighted by Gasteiger charge is 2.34. The summed E-state index contributed by atoms with van der Waals surface area (Å²) in [5.74, 6) is 1.05. The van der Waals surface area contributed by atoms with Gasteiger partial charge in [-0.1, -0.05) is 36.3 Å². The number of nitrogens with one attached hydrogen (secondary N) is 1. The van der Waals surface area contributed by atoms with Gasteiger partial charge in [0.25, 0.3) is 5.89 Å². The van der Waals surface area contributed by atoms with Gasteiger partial charge in [-0.25, -0.2) is 0 Å². The van der Waals surface area contributed by atoms with Crippen LogP contribution in [0.25, 0.3) is 17.0 Å². The molecule has 1 aliphatic heterocycles. The van der Waals surface area contributed by atoms with Crippen molar-refractivity contribution in [1.82, 2.24) is 20.4 Å². The van der Waals surface area contributed by atoms with Crippen molar-refractivity contribution >= 4 is 34.7 Å². The van der Waals surface area contributed by atoms with Crippen molar-refractivity contribution in [2.45, 2.75) is 31.2 Å². The molecule has 0 spiro atoms. The molecule has 3 aromatic rings. The van der Waals surface area contributed by atoms with Gasteiger partial charge in [0.2, 0.25) is 5.82 Å². The molecule has 1 N–H and O–H groups in total. The molecule has 2 heterocycles. The summed E-state index contributed by atoms with van der Waals surface area (Å²) in [4.78, 5) is 8.00. The van der Waals surface area contributed by atoms with E-state index in [1.54, 1.807) is 18.9 Å². The van der Waals surface area contributed by atoms with E-state index < -0.39 is 0 Å². The van der Waals surface area contributed by atoms with Crippen molar-refractivity contribution in [3.05, 3.63) is 71.2 Å². The van der Waals surface area contributed by atoms with E-state index in [4.69, 9.17) is 26.5 Å². The second-order valence-corrected chi connectivity index (χ2v) is 9.04. The Morgan fingerprint density at radius 3 is 2.52 bits per heavy atom. The van der Waals surface area contributed by atoms with Crippen molar-refractivity contribution in [2.24, 2.45) is 0 Å². The maximum Gasteiger partial charge on any atom is 0.258 e. The zero-order valence-corrected chi connectivity index (χ0v) is 20.9. The first-order valence-corrected chi connectivity index (χ1v) is 12.5. The molecule has 0 fully saturated rings. The summed E-state index contributed by atoms with van der Waals surface area (Å²) in [6.07, 6.45) is 3.05. The lowest BCUT2D eigenvalue weighted by atomic mass is 9.94. The van der Waals surface area contributed by atoms with Crippen LogP contribution in [-0.4, -0.2) is 46.7 Å². The Hall–Kier alpha value is -2.68. The predicted octanol–water partition coefficient (Wildman–Crippen LogP) is 5.33. The van der Waals surface area contributed by atoms with Gasteiger partial charge in [0.15, 0.2) is 5.11 Å². The molecule has 33 heavy (non-hydrogen) atoms. The Balaban J connectivity index is 1.76. The maximum atomic E-state index is 5.80. The second-order valence-electron chi connectivity index (χ2n) is 7.77. The molecule has 6 nitrogen and oxygen atoms in total. The smallest absolute Gasteiger partial charge is 0.258 e. The van der Waals surface area contributed by atoms with Gasteiger partial charge in [0.05, 0.1) is 18.2 Å². The Kier molecular flexibility index (Phi) is 7.47. The van der Waals surface area contributed by atoms with E-state index in [-0.39, 0.29) is 6.04 Å². The lowest BCUT2D eigenvalue weighted by Gasteiger charge is -2.37. The number of allylic oxidation sites excluding steroid dienone is 1. The van der Waals surface area contributed by atoms with E-state index in [9.17, 15) is 0 Å². The fourth-order valence-electron chi connectivity index (χ4n) is 3.90. The van der Waals surface area contributed by atoms with Gasteiger partial charge >= 0.3 is 0 Å². The summed E-state index contributed by atoms with van der Waals surface area (Å²) in [6.45, 7) is 5.38. The number of hydrogen-bond acceptors (Lipinski definition) is 6. The van der Waals surface area contributed by atoms with Crippen molar-refractivity contribution in [1.29, 1.82) is 0 Å². The number of nitrogens with zero attached hydrogens (tertiary/aromatic N) is 3. The first-order valence-electron chi connectivity index (χ1n) is 10.9. The van der Waals surface area contributed by atoms with Crippen molar-refractivity contribution in [3.63, 3.8) is 0 Å². The molecule has 1 atom stereocenters. The van der Waals surface area contributed by atoms with Gasteiger partial charge in [0.1, 0.15) is 0 Å². The predicted molar refractivity (Wildman–Crippen MR) is 137 cm³/mol. The summed E-state index contributed by atoms with van der Waals surface area (Å²) in [5.41, 5.74) is 5.20. The molecule has 0 saturated heterocycles. The SMILES string of the molecule is CCc1ccc(C2NC(=S)N(CCOC)C(C)=C2c2nc(-c3ccc(SC)cc3)no2)cc1. The maximum absolute atomic E-state index is 5.80. The van der Waals surface area contributed by atoms with Crippen molar-refractivity contribution < 1.29 is 9.26 Å². The Morgan fingerprint density at radius 2 is 1.88 bits per heavy atom. The Labute approximate surface area is 204 Å². The summed E-state index contributed by atoms with van der Waals surface area (Å²) >= 11 is 7.41. The number of ether oxygens (including phenoxy) is 1. The minimum atomic E-state index is -0.186. The number of methoxy groups -OCH3 is 1. The normalized spacial score (nSPS) is 16.3. The number of rotatable bonds is 8. The van der Waals surface area contributed by atoms with Gasteiger partial charge in [-0.15, -0.1) is 11.8 Å². The molecule has 172 valence electrons. The summed E-state index contributed by atoms with van der Waals surface area (Å²) in [6, 6.07) is 16.5. The zero-order valence-electron chi connectivity index (χ0n) is 19.3. The first kappa shape index (κ1) is 23.5. The highest BCUT2D eigenvalue weighted by Crippen LogP contribution is 2.37. The number of thiocarbonyl (C=S) groups is 1. The third kappa shape index (κ3) is 4.98. The van der Waals surface area contributed by atoms with Gasteiger partial charge in [0, 0.05) is 29.8 Å². The minimum absolute atomic E-state index is 0.186. The molecular formula is C25H28N4O2S2. The fraction of sp³-hybridized carbons (Fsp3) is 0.320. The van der Waals surface area contributed by atoms with Gasteiger partial charge in [-0.2, -0.15) is 4.98 Å². The molecule has 1 unspecified atom stereocenters. The average Bonchev–Trinajstić information content (AvgIpc) is 3.33. The summed E-state index contributed by atoms with van der Waals surface area (Å²) in [7, 11) is 1.69. The van der Waals surface area contributed by atoms with Gasteiger partial charge in [-0.3, -0.25) is 0 Å². The van der Waals surface area contributed by atoms with Gasteiger partial charge in [-0.05, 0) is 67.2 Å². The molecule has 8 heteroatoms. The molecule has 0 amide bonds. The molecule has 0 saturated carbocycles. The highest BCUT2D eigenvalue weighted by molar-refractivity contribution is 7.98. The summed E-state index contributed by atoms with van der Waals surface area (Å²) in [5, 5.41) is 8.43. The highest BCUT2D eigenvalue weighted by atomic mass is 32.2. The van der Waals surface area contributed by atoms with Crippen LogP contribution in [0.4, 0.5) is 0 Å². The number of benzene rings is 2. The molecule has 0 bridgehead atoms. The zero-order chi connectivity index (χ0) is 23.4. The van der Waals surface area contributed by atoms with E-state index in [2.05, 4.69) is 60.1 Å². The molecule has 0 radical (unpaired) electrons. The van der Waals surface area contributed by atoms with E-state index in [0.29, 0.717) is 30.0 Å². The van der Waals surface area contributed by atoms with Crippen LogP contribution < -0.4 is 5.32 Å². The second kappa shape index (κ2) is 10.5. The first-order chi connectivity index (χ1) is 16.0. The molecule has 1 aromatic heterocycles. The fourth-order valence-corrected chi connectivity index (χ4v) is 4.65. The topological polar surface area (TPSA) is 63.4 Å². The standard InChI is InChI=1S/C25H28N4O2S2/c1-5-17-6-8-18(9-7-17)22-21(16(2)29(14-15-30-3)25(32)26-22)24-27-23(28-31-24)19-10-12-20(33-4)13-11-19/h6-13,22H,5,14-15H2,1-4H3,(H,26,32). The van der Waals surface area contributed by atoms with Crippen molar-refractivity contribution in [3.8, 4) is 11.4 Å². The average molecular weight is 481 g/mol. The number of thioether (sulfide) groups is 1. The van der Waals surface area contributed by atoms with Crippen LogP contribution >= 0.6 is 24.0 Å². The van der Waals surface area contributed by atoms with Crippen LogP contribution in [0, 0.1) is 0 Å². The van der Waals surface area contributed by atoms with Crippen LogP contribution in [0.15, 0.2) is 63.6 Å². The lowest BCUT2D eigenvalue weighted by Crippen LogP contribution is -2.47. The third-order valence-corrected chi connectivity index (χ3v) is 6.92. The van der Waals surface area contributed by atoms with Crippen molar-refractivity contribution in [2.75, 3.05) is 26.5 Å². The van der Waals surface area contributed by atoms with Crippen LogP contribution in [-0.2, 0) is 11.2 Å². The number of aryl methyl sites for hydroxylation is 1. The third-order valence-electron chi connectivity index (χ3n) is 5.84.